The molecule has 0 bridgehead atoms. The maximum absolute atomic E-state index is 12.8. The summed E-state index contributed by atoms with van der Waals surface area (Å²) in [6.45, 7) is 1.70. The Bertz CT molecular complexity index is 1100. The van der Waals surface area contributed by atoms with Crippen molar-refractivity contribution in [3.63, 3.8) is 0 Å². The standard InChI is InChI=1S/C15H12ClNO4S2/c1-11-6-5-9-13-15(11)14(22(16,18)19)10-17(13)23(20,21)12-7-3-2-4-8-12/h2-10H,1H3. The molecule has 0 fully saturated rings. The third-order valence-corrected chi connectivity index (χ3v) is 6.55. The molecule has 3 rings (SSSR count). The molecule has 0 spiro atoms. The first-order chi connectivity index (χ1) is 10.7. The quantitative estimate of drug-likeness (QED) is 0.665. The molecular weight excluding hydrogens is 358 g/mol. The third kappa shape index (κ3) is 2.65. The van der Waals surface area contributed by atoms with Crippen molar-refractivity contribution in [1.82, 2.24) is 3.97 Å². The van der Waals surface area contributed by atoms with Gasteiger partial charge in [-0.05, 0) is 30.7 Å². The second kappa shape index (κ2) is 5.36. The summed E-state index contributed by atoms with van der Waals surface area (Å²) in [5.74, 6) is 0. The van der Waals surface area contributed by atoms with Gasteiger partial charge in [-0.3, -0.25) is 0 Å². The molecule has 0 aliphatic heterocycles. The fourth-order valence-corrected chi connectivity index (χ4v) is 5.03. The van der Waals surface area contributed by atoms with Crippen molar-refractivity contribution in [2.75, 3.05) is 0 Å². The molecule has 0 unspecified atom stereocenters. The largest absolute Gasteiger partial charge is 0.268 e. The number of aryl methyl sites for hydroxylation is 1. The molecule has 3 aromatic rings. The minimum atomic E-state index is -4.09. The van der Waals surface area contributed by atoms with Gasteiger partial charge in [-0.25, -0.2) is 20.8 Å². The molecule has 0 amide bonds. The highest BCUT2D eigenvalue weighted by Gasteiger charge is 2.26. The van der Waals surface area contributed by atoms with E-state index >= 15 is 0 Å². The molecular formula is C15H12ClNO4S2. The van der Waals surface area contributed by atoms with E-state index in [1.807, 2.05) is 0 Å². The molecule has 5 nitrogen and oxygen atoms in total. The zero-order valence-corrected chi connectivity index (χ0v) is 14.4. The number of nitrogens with zero attached hydrogens (tertiary/aromatic N) is 1. The average Bonchev–Trinajstić information content (AvgIpc) is 2.90. The Balaban J connectivity index is 2.43. The molecule has 8 heteroatoms. The lowest BCUT2D eigenvalue weighted by Gasteiger charge is -2.07. The molecule has 0 radical (unpaired) electrons. The van der Waals surface area contributed by atoms with Crippen molar-refractivity contribution in [2.24, 2.45) is 0 Å². The summed E-state index contributed by atoms with van der Waals surface area (Å²) in [5, 5.41) is 0.307. The number of halogens is 1. The van der Waals surface area contributed by atoms with Gasteiger partial charge in [0.25, 0.3) is 19.1 Å². The SMILES string of the molecule is Cc1cccc2c1c(S(=O)(=O)Cl)cn2S(=O)(=O)c1ccccc1. The zero-order valence-electron chi connectivity index (χ0n) is 12.0. The Kier molecular flexibility index (Phi) is 3.74. The Morgan fingerprint density at radius 1 is 0.913 bits per heavy atom. The van der Waals surface area contributed by atoms with Crippen molar-refractivity contribution in [3.8, 4) is 0 Å². The Hall–Kier alpha value is -1.83. The zero-order chi connectivity index (χ0) is 16.8. The summed E-state index contributed by atoms with van der Waals surface area (Å²) in [6.07, 6.45) is 1.06. The lowest BCUT2D eigenvalue weighted by atomic mass is 10.1. The summed E-state index contributed by atoms with van der Waals surface area (Å²) >= 11 is 0. The number of aromatic nitrogens is 1. The molecule has 0 aliphatic rings. The van der Waals surface area contributed by atoms with Gasteiger partial charge in [0.1, 0.15) is 4.90 Å². The van der Waals surface area contributed by atoms with Crippen molar-refractivity contribution in [1.29, 1.82) is 0 Å². The first-order valence-corrected chi connectivity index (χ1v) is 10.3. The van der Waals surface area contributed by atoms with Crippen LogP contribution < -0.4 is 0 Å². The molecule has 0 saturated heterocycles. The Morgan fingerprint density at radius 3 is 2.17 bits per heavy atom. The first-order valence-electron chi connectivity index (χ1n) is 6.59. The summed E-state index contributed by atoms with van der Waals surface area (Å²) in [4.78, 5) is -0.149. The summed E-state index contributed by atoms with van der Waals surface area (Å²) in [6, 6.07) is 12.7. The Labute approximate surface area is 138 Å². The topological polar surface area (TPSA) is 73.2 Å². The number of hydrogen-bond acceptors (Lipinski definition) is 4. The summed E-state index contributed by atoms with van der Waals surface area (Å²) in [5.41, 5.74) is 0.900. The van der Waals surface area contributed by atoms with Gasteiger partial charge in [0, 0.05) is 22.3 Å². The van der Waals surface area contributed by atoms with Crippen molar-refractivity contribution in [2.45, 2.75) is 16.7 Å². The van der Waals surface area contributed by atoms with Gasteiger partial charge < -0.3 is 0 Å². The van der Waals surface area contributed by atoms with Crippen LogP contribution in [-0.4, -0.2) is 20.8 Å². The van der Waals surface area contributed by atoms with Crippen LogP contribution in [0.1, 0.15) is 5.56 Å². The van der Waals surface area contributed by atoms with Crippen LogP contribution in [0.4, 0.5) is 0 Å². The molecule has 1 heterocycles. The predicted molar refractivity (Wildman–Crippen MR) is 88.7 cm³/mol. The lowest BCUT2D eigenvalue weighted by Crippen LogP contribution is -2.11. The van der Waals surface area contributed by atoms with Crippen LogP contribution in [0.3, 0.4) is 0 Å². The second-order valence-corrected chi connectivity index (χ2v) is 9.36. The number of fused-ring (bicyclic) bond motifs is 1. The third-order valence-electron chi connectivity index (χ3n) is 3.53. The monoisotopic (exact) mass is 369 g/mol. The minimum Gasteiger partial charge on any atom is -0.240 e. The number of hydrogen-bond donors (Lipinski definition) is 0. The lowest BCUT2D eigenvalue weighted by molar-refractivity contribution is 0.589. The maximum atomic E-state index is 12.8. The smallest absolute Gasteiger partial charge is 0.240 e. The molecule has 0 saturated carbocycles. The average molecular weight is 370 g/mol. The summed E-state index contributed by atoms with van der Waals surface area (Å²) in [7, 11) is -2.53. The molecule has 120 valence electrons. The van der Waals surface area contributed by atoms with Gasteiger partial charge in [0.15, 0.2) is 0 Å². The van der Waals surface area contributed by atoms with E-state index in [2.05, 4.69) is 0 Å². The molecule has 2 aromatic carbocycles. The van der Waals surface area contributed by atoms with Crippen LogP contribution in [0.15, 0.2) is 64.5 Å². The van der Waals surface area contributed by atoms with E-state index in [4.69, 9.17) is 10.7 Å². The van der Waals surface area contributed by atoms with Gasteiger partial charge in [-0.2, -0.15) is 0 Å². The maximum Gasteiger partial charge on any atom is 0.268 e. The highest BCUT2D eigenvalue weighted by atomic mass is 35.7. The van der Waals surface area contributed by atoms with E-state index in [9.17, 15) is 16.8 Å². The normalized spacial score (nSPS) is 12.6. The molecule has 23 heavy (non-hydrogen) atoms. The van der Waals surface area contributed by atoms with Crippen LogP contribution in [0, 0.1) is 6.92 Å². The van der Waals surface area contributed by atoms with Crippen LogP contribution in [-0.2, 0) is 19.1 Å². The molecule has 0 atom stereocenters. The van der Waals surface area contributed by atoms with Crippen molar-refractivity contribution in [3.05, 3.63) is 60.3 Å². The van der Waals surface area contributed by atoms with E-state index in [1.165, 1.54) is 12.1 Å². The van der Waals surface area contributed by atoms with E-state index in [1.54, 1.807) is 43.3 Å². The number of benzene rings is 2. The fraction of sp³-hybridized carbons (Fsp3) is 0.0667. The van der Waals surface area contributed by atoms with Gasteiger partial charge in [0.2, 0.25) is 0 Å². The van der Waals surface area contributed by atoms with E-state index in [-0.39, 0.29) is 15.3 Å². The second-order valence-electron chi connectivity index (χ2n) is 5.01. The predicted octanol–water partition coefficient (Wildman–Crippen LogP) is 3.11. The highest BCUT2D eigenvalue weighted by molar-refractivity contribution is 8.14. The van der Waals surface area contributed by atoms with Gasteiger partial charge in [0.05, 0.1) is 10.4 Å². The van der Waals surface area contributed by atoms with Crippen LogP contribution in [0.25, 0.3) is 10.9 Å². The fourth-order valence-electron chi connectivity index (χ4n) is 2.49. The van der Waals surface area contributed by atoms with E-state index < -0.39 is 19.1 Å². The van der Waals surface area contributed by atoms with E-state index in [0.29, 0.717) is 10.9 Å². The summed E-state index contributed by atoms with van der Waals surface area (Å²) < 4.78 is 50.3. The first kappa shape index (κ1) is 16.0. The van der Waals surface area contributed by atoms with Crippen LogP contribution in [0.2, 0.25) is 0 Å². The van der Waals surface area contributed by atoms with E-state index in [0.717, 1.165) is 10.2 Å². The van der Waals surface area contributed by atoms with Crippen molar-refractivity contribution >= 4 is 40.7 Å². The molecule has 0 aliphatic carbocycles. The minimum absolute atomic E-state index is 0.0666. The Morgan fingerprint density at radius 2 is 1.57 bits per heavy atom. The number of rotatable bonds is 3. The van der Waals surface area contributed by atoms with Crippen molar-refractivity contribution < 1.29 is 16.8 Å². The van der Waals surface area contributed by atoms with Crippen LogP contribution >= 0.6 is 10.7 Å². The highest BCUT2D eigenvalue weighted by Crippen LogP contribution is 2.32. The van der Waals surface area contributed by atoms with Crippen LogP contribution in [0.5, 0.6) is 0 Å². The molecule has 1 aromatic heterocycles. The van der Waals surface area contributed by atoms with Gasteiger partial charge >= 0.3 is 0 Å². The van der Waals surface area contributed by atoms with Gasteiger partial charge in [-0.1, -0.05) is 30.3 Å². The molecule has 0 N–H and O–H groups in total. The van der Waals surface area contributed by atoms with Gasteiger partial charge in [-0.15, -0.1) is 0 Å².